The fraction of sp³-hybridized carbons (Fsp3) is 0.562. The number of piperidine rings is 1. The molecule has 5 heteroatoms. The van der Waals surface area contributed by atoms with Crippen LogP contribution in [0.4, 0.5) is 4.79 Å². The Balaban J connectivity index is 1.81. The third-order valence-electron chi connectivity index (χ3n) is 3.89. The fourth-order valence-electron chi connectivity index (χ4n) is 2.67. The van der Waals surface area contributed by atoms with Crippen LogP contribution in [-0.4, -0.2) is 47.0 Å². The van der Waals surface area contributed by atoms with Crippen molar-refractivity contribution in [3.8, 4) is 0 Å². The lowest BCUT2D eigenvalue weighted by Crippen LogP contribution is -2.43. The van der Waals surface area contributed by atoms with E-state index in [0.29, 0.717) is 19.5 Å². The summed E-state index contributed by atoms with van der Waals surface area (Å²) in [6.07, 6.45) is 1.20. The quantitative estimate of drug-likeness (QED) is 0.868. The van der Waals surface area contributed by atoms with Crippen LogP contribution in [0, 0.1) is 5.92 Å². The molecular formula is C16H23NO4. The largest absolute Gasteiger partial charge is 0.445 e. The molecule has 0 radical (unpaired) electrons. The van der Waals surface area contributed by atoms with E-state index in [1.54, 1.807) is 4.90 Å². The molecular weight excluding hydrogens is 270 g/mol. The molecule has 1 aliphatic heterocycles. The van der Waals surface area contributed by atoms with Crippen LogP contribution in [0.2, 0.25) is 0 Å². The summed E-state index contributed by atoms with van der Waals surface area (Å²) in [7, 11) is 0. The smallest absolute Gasteiger partial charge is 0.410 e. The topological polar surface area (TPSA) is 70.0 Å². The summed E-state index contributed by atoms with van der Waals surface area (Å²) in [6.45, 7) is 1.39. The Morgan fingerprint density at radius 1 is 1.38 bits per heavy atom. The molecule has 21 heavy (non-hydrogen) atoms. The summed E-state index contributed by atoms with van der Waals surface area (Å²) < 4.78 is 5.31. The highest BCUT2D eigenvalue weighted by Gasteiger charge is 2.28. The zero-order valence-electron chi connectivity index (χ0n) is 12.1. The number of hydrogen-bond acceptors (Lipinski definition) is 4. The van der Waals surface area contributed by atoms with Crippen molar-refractivity contribution in [2.75, 3.05) is 19.7 Å². The summed E-state index contributed by atoms with van der Waals surface area (Å²) in [4.78, 5) is 13.7. The van der Waals surface area contributed by atoms with E-state index in [9.17, 15) is 9.90 Å². The zero-order valence-corrected chi connectivity index (χ0v) is 12.1. The van der Waals surface area contributed by atoms with Crippen LogP contribution in [0.5, 0.6) is 0 Å². The Hall–Kier alpha value is -1.59. The second-order valence-corrected chi connectivity index (χ2v) is 5.47. The monoisotopic (exact) mass is 293 g/mol. The van der Waals surface area contributed by atoms with E-state index in [2.05, 4.69) is 0 Å². The summed E-state index contributed by atoms with van der Waals surface area (Å²) in [5.74, 6) is 0.0233. The lowest BCUT2D eigenvalue weighted by molar-refractivity contribution is 0.0269. The van der Waals surface area contributed by atoms with Crippen molar-refractivity contribution in [1.29, 1.82) is 0 Å². The molecule has 2 N–H and O–H groups in total. The first-order chi connectivity index (χ1) is 10.2. The van der Waals surface area contributed by atoms with Crippen molar-refractivity contribution in [3.05, 3.63) is 35.9 Å². The number of benzene rings is 1. The Morgan fingerprint density at radius 2 is 2.14 bits per heavy atom. The van der Waals surface area contributed by atoms with Gasteiger partial charge in [-0.25, -0.2) is 4.79 Å². The van der Waals surface area contributed by atoms with Crippen LogP contribution < -0.4 is 0 Å². The average molecular weight is 293 g/mol. The van der Waals surface area contributed by atoms with E-state index in [1.165, 1.54) is 0 Å². The number of nitrogens with zero attached hydrogens (tertiary/aromatic N) is 1. The van der Waals surface area contributed by atoms with E-state index >= 15 is 0 Å². The van der Waals surface area contributed by atoms with Gasteiger partial charge in [-0.3, -0.25) is 0 Å². The molecule has 1 aromatic carbocycles. The van der Waals surface area contributed by atoms with E-state index in [-0.39, 0.29) is 25.2 Å². The van der Waals surface area contributed by atoms with Crippen LogP contribution in [0.1, 0.15) is 24.8 Å². The highest BCUT2D eigenvalue weighted by atomic mass is 16.6. The molecule has 1 amide bonds. The summed E-state index contributed by atoms with van der Waals surface area (Å²) in [5.41, 5.74) is 0.958. The summed E-state index contributed by atoms with van der Waals surface area (Å²) in [5, 5.41) is 18.8. The number of aliphatic hydroxyl groups excluding tert-OH is 2. The predicted octanol–water partition coefficient (Wildman–Crippen LogP) is 1.78. The second-order valence-electron chi connectivity index (χ2n) is 5.47. The molecule has 2 atom stereocenters. The molecule has 1 fully saturated rings. The summed E-state index contributed by atoms with van der Waals surface area (Å²) in [6, 6.07) is 9.56. The van der Waals surface area contributed by atoms with Crippen LogP contribution in [-0.2, 0) is 11.3 Å². The second kappa shape index (κ2) is 8.00. The Bertz CT molecular complexity index is 437. The third-order valence-corrected chi connectivity index (χ3v) is 3.89. The molecule has 0 aromatic heterocycles. The maximum absolute atomic E-state index is 12.1. The van der Waals surface area contributed by atoms with Crippen LogP contribution in [0.3, 0.4) is 0 Å². The lowest BCUT2D eigenvalue weighted by atomic mass is 9.91. The van der Waals surface area contributed by atoms with Gasteiger partial charge in [-0.2, -0.15) is 0 Å². The van der Waals surface area contributed by atoms with E-state index in [1.807, 2.05) is 30.3 Å². The first kappa shape index (κ1) is 15.8. The van der Waals surface area contributed by atoms with E-state index in [4.69, 9.17) is 9.84 Å². The number of likely N-dealkylation sites (tertiary alicyclic amines) is 1. The molecule has 1 saturated heterocycles. The normalized spacial score (nSPS) is 20.1. The van der Waals surface area contributed by atoms with Crippen LogP contribution in [0.25, 0.3) is 0 Å². The Kier molecular flexibility index (Phi) is 6.02. The number of carbonyl (C=O) groups excluding carboxylic acids is 1. The van der Waals surface area contributed by atoms with Gasteiger partial charge >= 0.3 is 6.09 Å². The zero-order chi connectivity index (χ0) is 15.1. The van der Waals surface area contributed by atoms with Crippen molar-refractivity contribution >= 4 is 6.09 Å². The van der Waals surface area contributed by atoms with Crippen molar-refractivity contribution in [1.82, 2.24) is 4.90 Å². The van der Waals surface area contributed by atoms with Gasteiger partial charge in [0.15, 0.2) is 0 Å². The number of ether oxygens (including phenoxy) is 1. The van der Waals surface area contributed by atoms with Crippen molar-refractivity contribution < 1.29 is 19.7 Å². The SMILES string of the molecule is O=C(OCc1ccccc1)N1CCCC(C(O)CCO)C1. The molecule has 0 spiro atoms. The molecule has 2 rings (SSSR count). The number of carbonyl (C=O) groups is 1. The minimum absolute atomic E-state index is 0.0233. The van der Waals surface area contributed by atoms with Crippen LogP contribution >= 0.6 is 0 Å². The van der Waals surface area contributed by atoms with Crippen LogP contribution in [0.15, 0.2) is 30.3 Å². The van der Waals surface area contributed by atoms with Crippen molar-refractivity contribution in [2.45, 2.75) is 32.0 Å². The first-order valence-corrected chi connectivity index (χ1v) is 7.45. The molecule has 1 aliphatic rings. The number of aliphatic hydroxyl groups is 2. The van der Waals surface area contributed by atoms with Gasteiger partial charge in [0.1, 0.15) is 6.61 Å². The number of rotatable bonds is 5. The molecule has 0 saturated carbocycles. The van der Waals surface area contributed by atoms with Gasteiger partial charge in [0, 0.05) is 25.6 Å². The Morgan fingerprint density at radius 3 is 2.86 bits per heavy atom. The molecule has 116 valence electrons. The lowest BCUT2D eigenvalue weighted by Gasteiger charge is -2.34. The third kappa shape index (κ3) is 4.72. The molecule has 5 nitrogen and oxygen atoms in total. The number of hydrogen-bond donors (Lipinski definition) is 2. The molecule has 0 aliphatic carbocycles. The highest BCUT2D eigenvalue weighted by molar-refractivity contribution is 5.67. The highest BCUT2D eigenvalue weighted by Crippen LogP contribution is 2.22. The minimum atomic E-state index is -0.556. The van der Waals surface area contributed by atoms with Crippen molar-refractivity contribution in [2.24, 2.45) is 5.92 Å². The minimum Gasteiger partial charge on any atom is -0.445 e. The van der Waals surface area contributed by atoms with Gasteiger partial charge < -0.3 is 19.8 Å². The molecule has 1 heterocycles. The fourth-order valence-corrected chi connectivity index (χ4v) is 2.67. The predicted molar refractivity (Wildman–Crippen MR) is 78.6 cm³/mol. The van der Waals surface area contributed by atoms with Gasteiger partial charge in [0.2, 0.25) is 0 Å². The van der Waals surface area contributed by atoms with E-state index in [0.717, 1.165) is 18.4 Å². The maximum atomic E-state index is 12.1. The summed E-state index contributed by atoms with van der Waals surface area (Å²) >= 11 is 0. The molecule has 2 unspecified atom stereocenters. The van der Waals surface area contributed by atoms with Crippen molar-refractivity contribution in [3.63, 3.8) is 0 Å². The first-order valence-electron chi connectivity index (χ1n) is 7.45. The van der Waals surface area contributed by atoms with Gasteiger partial charge in [0.25, 0.3) is 0 Å². The van der Waals surface area contributed by atoms with Gasteiger partial charge in [0.05, 0.1) is 6.10 Å². The molecule has 0 bridgehead atoms. The molecule has 1 aromatic rings. The maximum Gasteiger partial charge on any atom is 0.410 e. The van der Waals surface area contributed by atoms with E-state index < -0.39 is 6.10 Å². The standard InChI is InChI=1S/C16H23NO4/c18-10-8-15(19)14-7-4-9-17(11-14)16(20)21-12-13-5-2-1-3-6-13/h1-3,5-6,14-15,18-19H,4,7-12H2. The van der Waals surface area contributed by atoms with Gasteiger partial charge in [-0.15, -0.1) is 0 Å². The van der Waals surface area contributed by atoms with Gasteiger partial charge in [-0.05, 0) is 24.8 Å². The number of amides is 1. The average Bonchev–Trinajstić information content (AvgIpc) is 2.54. The van der Waals surface area contributed by atoms with Gasteiger partial charge in [-0.1, -0.05) is 30.3 Å². The Labute approximate surface area is 125 Å².